The lowest BCUT2D eigenvalue weighted by Crippen LogP contribution is -2.33. The normalized spacial score (nSPS) is 23.2. The number of carbonyl (C=O) groups excluding carboxylic acids is 1. The van der Waals surface area contributed by atoms with Gasteiger partial charge in [-0.25, -0.2) is 9.67 Å². The SMILES string of the molecule is O=C(NCCn1nc([C@@H]2CCNC2)c2cccnc21)[C@@H]1CC=CCC1. The van der Waals surface area contributed by atoms with Crippen LogP contribution in [0.3, 0.4) is 0 Å². The van der Waals surface area contributed by atoms with Crippen molar-refractivity contribution in [2.24, 2.45) is 5.92 Å². The predicted molar refractivity (Wildman–Crippen MR) is 97.2 cm³/mol. The molecule has 1 aliphatic carbocycles. The van der Waals surface area contributed by atoms with E-state index in [9.17, 15) is 4.79 Å². The van der Waals surface area contributed by atoms with Gasteiger partial charge in [0.15, 0.2) is 5.65 Å². The molecule has 25 heavy (non-hydrogen) atoms. The largest absolute Gasteiger partial charge is 0.354 e. The second kappa shape index (κ2) is 7.35. The Kier molecular flexibility index (Phi) is 4.78. The minimum atomic E-state index is 0.123. The predicted octanol–water partition coefficient (Wildman–Crippen LogP) is 1.98. The smallest absolute Gasteiger partial charge is 0.223 e. The summed E-state index contributed by atoms with van der Waals surface area (Å²) in [6.45, 7) is 3.27. The van der Waals surface area contributed by atoms with Crippen molar-refractivity contribution in [3.8, 4) is 0 Å². The first kappa shape index (κ1) is 16.3. The molecular weight excluding hydrogens is 314 g/mol. The number of nitrogens with one attached hydrogen (secondary N) is 2. The topological polar surface area (TPSA) is 71.8 Å². The summed E-state index contributed by atoms with van der Waals surface area (Å²) in [5.41, 5.74) is 2.05. The lowest BCUT2D eigenvalue weighted by Gasteiger charge is -2.17. The van der Waals surface area contributed by atoms with Gasteiger partial charge < -0.3 is 10.6 Å². The van der Waals surface area contributed by atoms with Crippen molar-refractivity contribution in [3.63, 3.8) is 0 Å². The zero-order valence-electron chi connectivity index (χ0n) is 14.4. The number of nitrogens with zero attached hydrogens (tertiary/aromatic N) is 3. The highest BCUT2D eigenvalue weighted by Crippen LogP contribution is 2.27. The van der Waals surface area contributed by atoms with E-state index in [1.54, 1.807) is 0 Å². The number of carbonyl (C=O) groups is 1. The van der Waals surface area contributed by atoms with E-state index in [1.807, 2.05) is 16.9 Å². The number of pyridine rings is 1. The molecule has 3 heterocycles. The standard InChI is InChI=1S/C19H25N5O/c25-19(14-5-2-1-3-6-14)22-11-12-24-18-16(7-4-9-21-18)17(23-24)15-8-10-20-13-15/h1-2,4,7,9,14-15,20H,3,5-6,8,10-13H2,(H,22,25)/t14-,15-/m1/s1. The Hall–Kier alpha value is -2.21. The lowest BCUT2D eigenvalue weighted by atomic mass is 9.94. The average Bonchev–Trinajstić information content (AvgIpc) is 3.30. The average molecular weight is 339 g/mol. The van der Waals surface area contributed by atoms with Gasteiger partial charge in [0.25, 0.3) is 0 Å². The number of aromatic nitrogens is 3. The van der Waals surface area contributed by atoms with Crippen molar-refractivity contribution in [1.82, 2.24) is 25.4 Å². The van der Waals surface area contributed by atoms with Crippen LogP contribution in [-0.4, -0.2) is 40.3 Å². The summed E-state index contributed by atoms with van der Waals surface area (Å²) < 4.78 is 1.95. The van der Waals surface area contributed by atoms with Crippen LogP contribution in [0.15, 0.2) is 30.5 Å². The Morgan fingerprint density at radius 3 is 3.12 bits per heavy atom. The molecule has 0 saturated carbocycles. The van der Waals surface area contributed by atoms with Crippen LogP contribution in [0.5, 0.6) is 0 Å². The summed E-state index contributed by atoms with van der Waals surface area (Å²) in [5, 5.41) is 12.4. The molecule has 6 nitrogen and oxygen atoms in total. The summed E-state index contributed by atoms with van der Waals surface area (Å²) in [4.78, 5) is 16.8. The molecule has 2 aromatic rings. The maximum Gasteiger partial charge on any atom is 0.223 e. The number of amides is 1. The van der Waals surface area contributed by atoms with Gasteiger partial charge in [0.05, 0.1) is 12.2 Å². The molecule has 1 saturated heterocycles. The van der Waals surface area contributed by atoms with Crippen LogP contribution in [0.25, 0.3) is 11.0 Å². The van der Waals surface area contributed by atoms with E-state index in [2.05, 4.69) is 33.8 Å². The fourth-order valence-corrected chi connectivity index (χ4v) is 3.84. The minimum absolute atomic E-state index is 0.123. The van der Waals surface area contributed by atoms with Crippen LogP contribution in [0, 0.1) is 5.92 Å². The Labute approximate surface area is 147 Å². The fourth-order valence-electron chi connectivity index (χ4n) is 3.84. The second-order valence-electron chi connectivity index (χ2n) is 6.95. The van der Waals surface area contributed by atoms with Crippen molar-refractivity contribution >= 4 is 16.9 Å². The Morgan fingerprint density at radius 2 is 2.32 bits per heavy atom. The van der Waals surface area contributed by atoms with Crippen molar-refractivity contribution in [3.05, 3.63) is 36.2 Å². The molecule has 1 aliphatic heterocycles. The Bertz CT molecular complexity index is 775. The molecule has 0 bridgehead atoms. The molecule has 0 unspecified atom stereocenters. The van der Waals surface area contributed by atoms with Gasteiger partial charge in [-0.05, 0) is 44.4 Å². The Morgan fingerprint density at radius 1 is 1.36 bits per heavy atom. The van der Waals surface area contributed by atoms with E-state index < -0.39 is 0 Å². The summed E-state index contributed by atoms with van der Waals surface area (Å²) in [6, 6.07) is 4.07. The summed E-state index contributed by atoms with van der Waals surface area (Å²) in [5.74, 6) is 0.739. The highest BCUT2D eigenvalue weighted by molar-refractivity contribution is 5.79. The monoisotopic (exact) mass is 339 g/mol. The van der Waals surface area contributed by atoms with Crippen molar-refractivity contribution in [1.29, 1.82) is 0 Å². The number of fused-ring (bicyclic) bond motifs is 1. The van der Waals surface area contributed by atoms with E-state index in [4.69, 9.17) is 5.10 Å². The van der Waals surface area contributed by atoms with E-state index in [1.165, 1.54) is 0 Å². The number of allylic oxidation sites excluding steroid dienone is 2. The highest BCUT2D eigenvalue weighted by atomic mass is 16.1. The molecular formula is C19H25N5O. The molecule has 2 atom stereocenters. The van der Waals surface area contributed by atoms with Crippen molar-refractivity contribution < 1.29 is 4.79 Å². The first-order valence-electron chi connectivity index (χ1n) is 9.28. The molecule has 6 heteroatoms. The summed E-state index contributed by atoms with van der Waals surface area (Å²) >= 11 is 0. The molecule has 1 fully saturated rings. The molecule has 1 amide bonds. The molecule has 2 aliphatic rings. The number of rotatable bonds is 5. The highest BCUT2D eigenvalue weighted by Gasteiger charge is 2.23. The first-order valence-corrected chi connectivity index (χ1v) is 9.28. The third-order valence-electron chi connectivity index (χ3n) is 5.25. The first-order chi connectivity index (χ1) is 12.3. The van der Waals surface area contributed by atoms with Crippen LogP contribution in [0.1, 0.15) is 37.3 Å². The van der Waals surface area contributed by atoms with Gasteiger partial charge >= 0.3 is 0 Å². The maximum atomic E-state index is 12.3. The van der Waals surface area contributed by atoms with Gasteiger partial charge in [-0.3, -0.25) is 4.79 Å². The van der Waals surface area contributed by atoms with Crippen LogP contribution in [0.4, 0.5) is 0 Å². The molecule has 4 rings (SSSR count). The molecule has 132 valence electrons. The molecule has 0 radical (unpaired) electrons. The molecule has 0 spiro atoms. The van der Waals surface area contributed by atoms with Crippen molar-refractivity contribution in [2.75, 3.05) is 19.6 Å². The number of hydrogen-bond acceptors (Lipinski definition) is 4. The lowest BCUT2D eigenvalue weighted by molar-refractivity contribution is -0.125. The number of hydrogen-bond donors (Lipinski definition) is 2. The third-order valence-corrected chi connectivity index (χ3v) is 5.25. The van der Waals surface area contributed by atoms with E-state index in [-0.39, 0.29) is 11.8 Å². The van der Waals surface area contributed by atoms with Crippen LogP contribution < -0.4 is 10.6 Å². The summed E-state index contributed by atoms with van der Waals surface area (Å²) in [7, 11) is 0. The van der Waals surface area contributed by atoms with Gasteiger partial charge in [-0.15, -0.1) is 0 Å². The fraction of sp³-hybridized carbons (Fsp3) is 0.526. The second-order valence-corrected chi connectivity index (χ2v) is 6.95. The van der Waals surface area contributed by atoms with E-state index in [0.29, 0.717) is 19.0 Å². The van der Waals surface area contributed by atoms with Crippen LogP contribution >= 0.6 is 0 Å². The van der Waals surface area contributed by atoms with Crippen LogP contribution in [0.2, 0.25) is 0 Å². The van der Waals surface area contributed by atoms with Gasteiger partial charge in [0.1, 0.15) is 0 Å². The third kappa shape index (κ3) is 3.44. The van der Waals surface area contributed by atoms with Crippen LogP contribution in [-0.2, 0) is 11.3 Å². The zero-order chi connectivity index (χ0) is 17.1. The molecule has 0 aromatic carbocycles. The quantitative estimate of drug-likeness (QED) is 0.817. The molecule has 2 aromatic heterocycles. The van der Waals surface area contributed by atoms with Gasteiger partial charge in [0, 0.05) is 36.5 Å². The van der Waals surface area contributed by atoms with Gasteiger partial charge in [-0.1, -0.05) is 12.2 Å². The maximum absolute atomic E-state index is 12.3. The minimum Gasteiger partial charge on any atom is -0.354 e. The van der Waals surface area contributed by atoms with E-state index >= 15 is 0 Å². The van der Waals surface area contributed by atoms with E-state index in [0.717, 1.165) is 55.5 Å². The van der Waals surface area contributed by atoms with Gasteiger partial charge in [-0.2, -0.15) is 5.10 Å². The van der Waals surface area contributed by atoms with Crippen molar-refractivity contribution in [2.45, 2.75) is 38.1 Å². The Balaban J connectivity index is 1.44. The molecule has 2 N–H and O–H groups in total. The van der Waals surface area contributed by atoms with Gasteiger partial charge in [0.2, 0.25) is 5.91 Å². The summed E-state index contributed by atoms with van der Waals surface area (Å²) in [6.07, 6.45) is 10.0. The zero-order valence-corrected chi connectivity index (χ0v) is 14.4.